The largest absolute Gasteiger partial charge is 0.321 e. The topological polar surface area (TPSA) is 85.6 Å². The highest BCUT2D eigenvalue weighted by molar-refractivity contribution is 7.98. The highest BCUT2D eigenvalue weighted by Crippen LogP contribution is 2.24. The third kappa shape index (κ3) is 5.81. The number of thioether (sulfide) groups is 1. The zero-order valence-electron chi connectivity index (χ0n) is 18.1. The first-order valence-electron chi connectivity index (χ1n) is 10.6. The molecule has 0 aliphatic heterocycles. The van der Waals surface area contributed by atoms with Crippen LogP contribution in [0, 0.1) is 5.82 Å². The molecule has 4 aromatic rings. The van der Waals surface area contributed by atoms with E-state index in [-0.39, 0.29) is 17.4 Å². The molecule has 0 aliphatic rings. The van der Waals surface area contributed by atoms with E-state index in [1.165, 1.54) is 34.1 Å². The van der Waals surface area contributed by atoms with Gasteiger partial charge in [-0.05, 0) is 60.9 Å². The third-order valence-corrected chi connectivity index (χ3v) is 5.85. The molecule has 1 amide bonds. The Hall–Kier alpha value is -3.59. The number of aromatic nitrogens is 5. The Morgan fingerprint density at radius 1 is 1.06 bits per heavy atom. The van der Waals surface area contributed by atoms with Crippen LogP contribution < -0.4 is 5.32 Å². The molecule has 1 N–H and O–H groups in total. The van der Waals surface area contributed by atoms with Crippen molar-refractivity contribution in [3.8, 4) is 5.69 Å². The van der Waals surface area contributed by atoms with Gasteiger partial charge in [-0.15, -0.1) is 5.10 Å². The van der Waals surface area contributed by atoms with E-state index >= 15 is 0 Å². The van der Waals surface area contributed by atoms with Crippen LogP contribution in [-0.4, -0.2) is 30.9 Å². The van der Waals surface area contributed by atoms with Crippen LogP contribution in [0.2, 0.25) is 0 Å². The quantitative estimate of drug-likeness (QED) is 0.276. The molecule has 0 atom stereocenters. The molecular formula is C24H23FN6OS. The standard InChI is InChI=1S/C24H23FN6OS/c1-2-3-5-17-6-10-19(11-7-17)28-23(32)22-21(16-33-24-26-14-4-15-27-24)31(30-29-22)20-12-8-18(25)9-13-20/h4,6-15H,2-3,5,16H2,1H3,(H,28,32). The highest BCUT2D eigenvalue weighted by Gasteiger charge is 2.21. The van der Waals surface area contributed by atoms with Crippen molar-refractivity contribution >= 4 is 23.4 Å². The van der Waals surface area contributed by atoms with Gasteiger partial charge in [0.25, 0.3) is 5.91 Å². The van der Waals surface area contributed by atoms with Crippen molar-refractivity contribution in [2.45, 2.75) is 37.1 Å². The summed E-state index contributed by atoms with van der Waals surface area (Å²) in [5, 5.41) is 11.8. The smallest absolute Gasteiger partial charge is 0.278 e. The number of amides is 1. The van der Waals surface area contributed by atoms with Gasteiger partial charge in [-0.1, -0.05) is 42.5 Å². The number of hydrogen-bond donors (Lipinski definition) is 1. The maximum absolute atomic E-state index is 13.4. The lowest BCUT2D eigenvalue weighted by atomic mass is 10.1. The number of benzene rings is 2. The summed E-state index contributed by atoms with van der Waals surface area (Å²) in [6.07, 6.45) is 6.59. The van der Waals surface area contributed by atoms with Gasteiger partial charge < -0.3 is 5.32 Å². The number of nitrogens with zero attached hydrogens (tertiary/aromatic N) is 5. The molecule has 33 heavy (non-hydrogen) atoms. The Balaban J connectivity index is 1.58. The molecule has 0 unspecified atom stereocenters. The zero-order valence-corrected chi connectivity index (χ0v) is 18.9. The summed E-state index contributed by atoms with van der Waals surface area (Å²) in [5.41, 5.74) is 3.28. The number of carbonyl (C=O) groups is 1. The number of aryl methyl sites for hydroxylation is 1. The predicted octanol–water partition coefficient (Wildman–Crippen LogP) is 5.08. The number of unbranched alkanes of at least 4 members (excludes halogenated alkanes) is 1. The van der Waals surface area contributed by atoms with Gasteiger partial charge in [-0.2, -0.15) is 0 Å². The minimum atomic E-state index is -0.366. The molecule has 7 nitrogen and oxygen atoms in total. The first-order chi connectivity index (χ1) is 16.1. The number of halogens is 1. The van der Waals surface area contributed by atoms with E-state index in [4.69, 9.17) is 0 Å². The average molecular weight is 463 g/mol. The summed E-state index contributed by atoms with van der Waals surface area (Å²) in [6, 6.07) is 15.4. The molecule has 2 aromatic carbocycles. The zero-order chi connectivity index (χ0) is 23.0. The van der Waals surface area contributed by atoms with E-state index < -0.39 is 0 Å². The minimum absolute atomic E-state index is 0.192. The lowest BCUT2D eigenvalue weighted by Gasteiger charge is -2.09. The Morgan fingerprint density at radius 2 is 1.79 bits per heavy atom. The number of anilines is 1. The van der Waals surface area contributed by atoms with Gasteiger partial charge in [0.05, 0.1) is 11.4 Å². The number of rotatable bonds is 9. The van der Waals surface area contributed by atoms with E-state index in [2.05, 4.69) is 32.5 Å². The fourth-order valence-electron chi connectivity index (χ4n) is 3.22. The second-order valence-electron chi connectivity index (χ2n) is 7.35. The lowest BCUT2D eigenvalue weighted by molar-refractivity contribution is 0.102. The maximum Gasteiger partial charge on any atom is 0.278 e. The molecule has 0 radical (unpaired) electrons. The monoisotopic (exact) mass is 462 g/mol. The Labute approximate surface area is 195 Å². The second kappa shape index (κ2) is 10.8. The van der Waals surface area contributed by atoms with Gasteiger partial charge >= 0.3 is 0 Å². The molecule has 0 aliphatic carbocycles. The van der Waals surface area contributed by atoms with Gasteiger partial charge in [0.15, 0.2) is 10.9 Å². The van der Waals surface area contributed by atoms with Gasteiger partial charge in [0.1, 0.15) is 5.82 Å². The predicted molar refractivity (Wildman–Crippen MR) is 126 cm³/mol. The van der Waals surface area contributed by atoms with Crippen molar-refractivity contribution in [3.63, 3.8) is 0 Å². The van der Waals surface area contributed by atoms with Crippen LogP contribution in [0.4, 0.5) is 10.1 Å². The van der Waals surface area contributed by atoms with Gasteiger partial charge in [0.2, 0.25) is 0 Å². The van der Waals surface area contributed by atoms with Crippen LogP contribution in [0.5, 0.6) is 0 Å². The van der Waals surface area contributed by atoms with E-state index in [1.807, 2.05) is 24.3 Å². The van der Waals surface area contributed by atoms with Gasteiger partial charge in [0, 0.05) is 23.8 Å². The molecule has 2 heterocycles. The van der Waals surface area contributed by atoms with Gasteiger partial charge in [-0.3, -0.25) is 4.79 Å². The van der Waals surface area contributed by atoms with Crippen molar-refractivity contribution in [2.24, 2.45) is 0 Å². The number of hydrogen-bond acceptors (Lipinski definition) is 6. The molecule has 9 heteroatoms. The summed E-state index contributed by atoms with van der Waals surface area (Å²) < 4.78 is 15.0. The van der Waals surface area contributed by atoms with E-state index in [0.717, 1.165) is 19.3 Å². The summed E-state index contributed by atoms with van der Waals surface area (Å²) in [7, 11) is 0. The van der Waals surface area contributed by atoms with Crippen LogP contribution >= 0.6 is 11.8 Å². The highest BCUT2D eigenvalue weighted by atomic mass is 32.2. The van der Waals surface area contributed by atoms with E-state index in [9.17, 15) is 9.18 Å². The molecule has 0 spiro atoms. The van der Waals surface area contributed by atoms with Crippen molar-refractivity contribution in [2.75, 3.05) is 5.32 Å². The average Bonchev–Trinajstić information content (AvgIpc) is 3.27. The molecule has 168 valence electrons. The van der Waals surface area contributed by atoms with E-state index in [1.54, 1.807) is 30.6 Å². The maximum atomic E-state index is 13.4. The summed E-state index contributed by atoms with van der Waals surface area (Å²) in [4.78, 5) is 21.5. The first-order valence-corrected chi connectivity index (χ1v) is 11.6. The van der Waals surface area contributed by atoms with Gasteiger partial charge in [-0.25, -0.2) is 19.0 Å². The van der Waals surface area contributed by atoms with Crippen LogP contribution in [0.1, 0.15) is 41.5 Å². The molecular weight excluding hydrogens is 439 g/mol. The fraction of sp³-hybridized carbons (Fsp3) is 0.208. The third-order valence-electron chi connectivity index (χ3n) is 4.96. The Morgan fingerprint density at radius 3 is 2.48 bits per heavy atom. The van der Waals surface area contributed by atoms with E-state index in [0.29, 0.717) is 28.0 Å². The van der Waals surface area contributed by atoms with Crippen molar-refractivity contribution < 1.29 is 9.18 Å². The molecule has 0 saturated heterocycles. The fourth-order valence-corrected chi connectivity index (χ4v) is 4.01. The molecule has 0 bridgehead atoms. The van der Waals surface area contributed by atoms with Crippen LogP contribution in [0.15, 0.2) is 72.1 Å². The van der Waals surface area contributed by atoms with Crippen molar-refractivity contribution in [1.29, 1.82) is 0 Å². The van der Waals surface area contributed by atoms with Crippen LogP contribution in [0.3, 0.4) is 0 Å². The minimum Gasteiger partial charge on any atom is -0.321 e. The SMILES string of the molecule is CCCCc1ccc(NC(=O)c2nnn(-c3ccc(F)cc3)c2CSc2ncccn2)cc1. The second-order valence-corrected chi connectivity index (χ2v) is 8.29. The van der Waals surface area contributed by atoms with Crippen molar-refractivity contribution in [3.05, 3.63) is 89.8 Å². The Bertz CT molecular complexity index is 1200. The molecule has 0 saturated carbocycles. The van der Waals surface area contributed by atoms with Crippen molar-refractivity contribution in [1.82, 2.24) is 25.0 Å². The van der Waals surface area contributed by atoms with Crippen LogP contribution in [0.25, 0.3) is 5.69 Å². The summed E-state index contributed by atoms with van der Waals surface area (Å²) in [6.45, 7) is 2.16. The lowest BCUT2D eigenvalue weighted by Crippen LogP contribution is -2.15. The number of nitrogens with one attached hydrogen (secondary N) is 1. The number of carbonyl (C=O) groups excluding carboxylic acids is 1. The molecule has 2 aromatic heterocycles. The molecule has 0 fully saturated rings. The summed E-state index contributed by atoms with van der Waals surface area (Å²) in [5.74, 6) is -0.366. The Kier molecular flexibility index (Phi) is 7.41. The first kappa shape index (κ1) is 22.6. The van der Waals surface area contributed by atoms with Crippen LogP contribution in [-0.2, 0) is 12.2 Å². The molecule has 4 rings (SSSR count). The normalized spacial score (nSPS) is 10.8. The summed E-state index contributed by atoms with van der Waals surface area (Å²) >= 11 is 1.36.